The number of ether oxygens (including phenoxy) is 1. The minimum atomic E-state index is -0.832. The van der Waals surface area contributed by atoms with Gasteiger partial charge >= 0.3 is 0 Å². The van der Waals surface area contributed by atoms with Crippen LogP contribution in [0, 0.1) is 0 Å². The number of amides is 1. The zero-order chi connectivity index (χ0) is 14.2. The lowest BCUT2D eigenvalue weighted by Crippen LogP contribution is -2.61. The molecule has 1 atom stereocenters. The molecule has 5 nitrogen and oxygen atoms in total. The Morgan fingerprint density at radius 3 is 2.70 bits per heavy atom. The first-order valence-electron chi connectivity index (χ1n) is 6.79. The van der Waals surface area contributed by atoms with Crippen molar-refractivity contribution in [1.29, 1.82) is 0 Å². The van der Waals surface area contributed by atoms with Crippen LogP contribution >= 0.6 is 0 Å². The van der Waals surface area contributed by atoms with Gasteiger partial charge in [-0.2, -0.15) is 0 Å². The predicted octanol–water partition coefficient (Wildman–Crippen LogP) is 1.83. The average molecular weight is 274 g/mol. The van der Waals surface area contributed by atoms with E-state index in [1.807, 2.05) is 37.3 Å². The molecule has 2 aliphatic heterocycles. The predicted molar refractivity (Wildman–Crippen MR) is 74.7 cm³/mol. The van der Waals surface area contributed by atoms with E-state index in [0.29, 0.717) is 19.5 Å². The van der Waals surface area contributed by atoms with E-state index in [9.17, 15) is 4.79 Å². The molecule has 2 aliphatic rings. The summed E-state index contributed by atoms with van der Waals surface area (Å²) in [6.07, 6.45) is 0.625. The van der Waals surface area contributed by atoms with E-state index in [1.165, 1.54) is 0 Å². The van der Waals surface area contributed by atoms with Crippen molar-refractivity contribution in [2.24, 2.45) is 5.16 Å². The molecule has 0 spiro atoms. The molecule has 2 heterocycles. The highest BCUT2D eigenvalue weighted by Crippen LogP contribution is 2.28. The van der Waals surface area contributed by atoms with E-state index in [1.54, 1.807) is 11.8 Å². The van der Waals surface area contributed by atoms with E-state index in [0.717, 1.165) is 11.5 Å². The normalized spacial score (nSPS) is 25.7. The zero-order valence-electron chi connectivity index (χ0n) is 11.7. The van der Waals surface area contributed by atoms with Gasteiger partial charge in [0.2, 0.25) is 5.60 Å². The SMILES string of the molecule is CC1=NOC(C)(C(=O)N2CC(Oc3ccccc3)C2)C1. The fourth-order valence-electron chi connectivity index (χ4n) is 2.55. The lowest BCUT2D eigenvalue weighted by atomic mass is 9.96. The van der Waals surface area contributed by atoms with Crippen LogP contribution in [0.4, 0.5) is 0 Å². The Balaban J connectivity index is 1.52. The minimum Gasteiger partial charge on any atom is -0.487 e. The molecule has 0 bridgehead atoms. The van der Waals surface area contributed by atoms with Crippen LogP contribution in [0.25, 0.3) is 0 Å². The molecule has 0 N–H and O–H groups in total. The van der Waals surface area contributed by atoms with E-state index >= 15 is 0 Å². The second-order valence-electron chi connectivity index (χ2n) is 5.59. The second-order valence-corrected chi connectivity index (χ2v) is 5.59. The summed E-state index contributed by atoms with van der Waals surface area (Å²) in [5, 5.41) is 3.88. The highest BCUT2D eigenvalue weighted by atomic mass is 16.7. The maximum atomic E-state index is 12.4. The van der Waals surface area contributed by atoms with Gasteiger partial charge in [-0.05, 0) is 26.0 Å². The molecule has 106 valence electrons. The van der Waals surface area contributed by atoms with Gasteiger partial charge in [0.05, 0.1) is 18.8 Å². The highest BCUT2D eigenvalue weighted by molar-refractivity contribution is 5.94. The summed E-state index contributed by atoms with van der Waals surface area (Å²) in [5.41, 5.74) is 0.0281. The number of hydrogen-bond donors (Lipinski definition) is 0. The molecule has 1 aromatic rings. The lowest BCUT2D eigenvalue weighted by molar-refractivity contribution is -0.162. The maximum Gasteiger partial charge on any atom is 0.269 e. The van der Waals surface area contributed by atoms with Crippen LogP contribution in [-0.2, 0) is 9.63 Å². The van der Waals surface area contributed by atoms with Crippen molar-refractivity contribution in [2.45, 2.75) is 32.0 Å². The van der Waals surface area contributed by atoms with Crippen LogP contribution in [0.3, 0.4) is 0 Å². The molecule has 5 heteroatoms. The highest BCUT2D eigenvalue weighted by Gasteiger charge is 2.47. The molecule has 20 heavy (non-hydrogen) atoms. The number of carbonyl (C=O) groups is 1. The molecule has 0 aliphatic carbocycles. The number of para-hydroxylation sites is 1. The van der Waals surface area contributed by atoms with Gasteiger partial charge in [-0.3, -0.25) is 4.79 Å². The fourth-order valence-corrected chi connectivity index (χ4v) is 2.55. The molecular weight excluding hydrogens is 256 g/mol. The molecule has 0 saturated carbocycles. The standard InChI is InChI=1S/C15H18N2O3/c1-11-8-15(2,20-16-11)14(18)17-9-13(10-17)19-12-6-4-3-5-7-12/h3-7,13H,8-10H2,1-2H3. The van der Waals surface area contributed by atoms with Crippen molar-refractivity contribution in [2.75, 3.05) is 13.1 Å². The molecule has 0 aromatic heterocycles. The molecule has 1 fully saturated rings. The van der Waals surface area contributed by atoms with Gasteiger partial charge in [-0.1, -0.05) is 23.4 Å². The number of rotatable bonds is 3. The van der Waals surface area contributed by atoms with Crippen LogP contribution in [0.2, 0.25) is 0 Å². The van der Waals surface area contributed by atoms with Crippen molar-refractivity contribution in [3.63, 3.8) is 0 Å². The van der Waals surface area contributed by atoms with Crippen LogP contribution in [-0.4, -0.2) is 41.3 Å². The molecule has 1 unspecified atom stereocenters. The molecule has 0 radical (unpaired) electrons. The summed E-state index contributed by atoms with van der Waals surface area (Å²) in [4.78, 5) is 19.4. The first-order valence-corrected chi connectivity index (χ1v) is 6.79. The Labute approximate surface area is 118 Å². The number of likely N-dealkylation sites (tertiary alicyclic amines) is 1. The molecule has 1 aromatic carbocycles. The van der Waals surface area contributed by atoms with Gasteiger partial charge in [-0.15, -0.1) is 0 Å². The third-order valence-electron chi connectivity index (χ3n) is 3.63. The van der Waals surface area contributed by atoms with Gasteiger partial charge in [0.25, 0.3) is 5.91 Å². The van der Waals surface area contributed by atoms with Crippen molar-refractivity contribution in [3.05, 3.63) is 30.3 Å². The van der Waals surface area contributed by atoms with Crippen LogP contribution < -0.4 is 4.74 Å². The van der Waals surface area contributed by atoms with Gasteiger partial charge in [0, 0.05) is 6.42 Å². The monoisotopic (exact) mass is 274 g/mol. The Kier molecular flexibility index (Phi) is 3.12. The zero-order valence-corrected chi connectivity index (χ0v) is 11.7. The summed E-state index contributed by atoms with van der Waals surface area (Å²) < 4.78 is 5.78. The molecule has 3 rings (SSSR count). The van der Waals surface area contributed by atoms with Gasteiger partial charge < -0.3 is 14.5 Å². The van der Waals surface area contributed by atoms with Crippen molar-refractivity contribution in [3.8, 4) is 5.75 Å². The van der Waals surface area contributed by atoms with E-state index < -0.39 is 5.60 Å². The third kappa shape index (κ3) is 2.35. The second kappa shape index (κ2) is 4.81. The van der Waals surface area contributed by atoms with Crippen molar-refractivity contribution >= 4 is 11.6 Å². The Morgan fingerprint density at radius 2 is 2.10 bits per heavy atom. The summed E-state index contributed by atoms with van der Waals surface area (Å²) in [7, 11) is 0. The number of benzene rings is 1. The van der Waals surface area contributed by atoms with Gasteiger partial charge in [0.15, 0.2) is 0 Å². The first-order chi connectivity index (χ1) is 9.57. The van der Waals surface area contributed by atoms with E-state index in [2.05, 4.69) is 5.16 Å². The van der Waals surface area contributed by atoms with Gasteiger partial charge in [0.1, 0.15) is 11.9 Å². The van der Waals surface area contributed by atoms with Crippen LogP contribution in [0.15, 0.2) is 35.5 Å². The summed E-state index contributed by atoms with van der Waals surface area (Å²) in [6, 6.07) is 9.66. The Morgan fingerprint density at radius 1 is 1.40 bits per heavy atom. The molecule has 1 saturated heterocycles. The number of oxime groups is 1. The number of hydrogen-bond acceptors (Lipinski definition) is 4. The smallest absolute Gasteiger partial charge is 0.269 e. The average Bonchev–Trinajstić information content (AvgIpc) is 2.75. The quantitative estimate of drug-likeness (QED) is 0.845. The van der Waals surface area contributed by atoms with Gasteiger partial charge in [-0.25, -0.2) is 0 Å². The van der Waals surface area contributed by atoms with Crippen molar-refractivity contribution < 1.29 is 14.4 Å². The maximum absolute atomic E-state index is 12.4. The largest absolute Gasteiger partial charge is 0.487 e. The van der Waals surface area contributed by atoms with Crippen molar-refractivity contribution in [1.82, 2.24) is 4.90 Å². The first kappa shape index (κ1) is 13.0. The van der Waals surface area contributed by atoms with E-state index in [4.69, 9.17) is 9.57 Å². The minimum absolute atomic E-state index is 0.00832. The topological polar surface area (TPSA) is 51.1 Å². The van der Waals surface area contributed by atoms with E-state index in [-0.39, 0.29) is 12.0 Å². The summed E-state index contributed by atoms with van der Waals surface area (Å²) in [5.74, 6) is 0.832. The van der Waals surface area contributed by atoms with Crippen LogP contribution in [0.5, 0.6) is 5.75 Å². The Bertz CT molecular complexity index is 537. The number of carbonyl (C=O) groups excluding carboxylic acids is 1. The third-order valence-corrected chi connectivity index (χ3v) is 3.63. The fraction of sp³-hybridized carbons (Fsp3) is 0.467. The van der Waals surface area contributed by atoms with Crippen LogP contribution in [0.1, 0.15) is 20.3 Å². The molecular formula is C15H18N2O3. The summed E-state index contributed by atoms with van der Waals surface area (Å²) >= 11 is 0. The summed E-state index contributed by atoms with van der Waals surface area (Å²) in [6.45, 7) is 4.87. The molecule has 1 amide bonds. The lowest BCUT2D eigenvalue weighted by Gasteiger charge is -2.41. The number of nitrogens with zero attached hydrogens (tertiary/aromatic N) is 2. The Hall–Kier alpha value is -2.04.